The molecule has 0 radical (unpaired) electrons. The molecule has 0 aliphatic carbocycles. The van der Waals surface area contributed by atoms with Gasteiger partial charge in [0.2, 0.25) is 0 Å². The summed E-state index contributed by atoms with van der Waals surface area (Å²) in [5, 5.41) is 0.496. The van der Waals surface area contributed by atoms with Gasteiger partial charge >= 0.3 is 0 Å². The molecule has 0 heterocycles. The third-order valence-electron chi connectivity index (χ3n) is 3.60. The number of hydrogen-bond acceptors (Lipinski definition) is 2. The Bertz CT molecular complexity index is 616. The minimum absolute atomic E-state index is 0.0327. The Morgan fingerprint density at radius 1 is 0.955 bits per heavy atom. The van der Waals surface area contributed by atoms with Crippen LogP contribution < -0.4 is 4.90 Å². The maximum atomic E-state index is 12.5. The number of carbonyl (C=O) groups excluding carboxylic acids is 1. The van der Waals surface area contributed by atoms with Gasteiger partial charge in [0.05, 0.1) is 5.02 Å². The maximum absolute atomic E-state index is 12.5. The first kappa shape index (κ1) is 16.6. The van der Waals surface area contributed by atoms with Crippen molar-refractivity contribution in [2.45, 2.75) is 26.7 Å². The van der Waals surface area contributed by atoms with Crippen molar-refractivity contribution in [1.82, 2.24) is 0 Å². The van der Waals surface area contributed by atoms with Crippen LogP contribution >= 0.6 is 11.6 Å². The molecule has 22 heavy (non-hydrogen) atoms. The van der Waals surface area contributed by atoms with Gasteiger partial charge in [-0.25, -0.2) is 0 Å². The monoisotopic (exact) mass is 315 g/mol. The predicted molar refractivity (Wildman–Crippen MR) is 94.1 cm³/mol. The fourth-order valence-electron chi connectivity index (χ4n) is 2.53. The highest BCUT2D eigenvalue weighted by Crippen LogP contribution is 2.21. The van der Waals surface area contributed by atoms with Crippen molar-refractivity contribution in [2.75, 3.05) is 18.0 Å². The van der Waals surface area contributed by atoms with Crippen LogP contribution in [-0.4, -0.2) is 18.9 Å². The Labute approximate surface area is 137 Å². The van der Waals surface area contributed by atoms with Crippen LogP contribution in [0.4, 0.5) is 5.69 Å². The lowest BCUT2D eigenvalue weighted by Gasteiger charge is -2.23. The molecule has 0 fully saturated rings. The number of ketones is 1. The zero-order chi connectivity index (χ0) is 15.9. The molecule has 0 unspecified atom stereocenters. The molecule has 0 N–H and O–H groups in total. The Morgan fingerprint density at radius 2 is 1.55 bits per heavy atom. The van der Waals surface area contributed by atoms with Gasteiger partial charge in [-0.15, -0.1) is 0 Å². The third kappa shape index (κ3) is 3.89. The van der Waals surface area contributed by atoms with Gasteiger partial charge in [-0.3, -0.25) is 4.79 Å². The molecule has 0 spiro atoms. The summed E-state index contributed by atoms with van der Waals surface area (Å²) in [7, 11) is 0. The lowest BCUT2D eigenvalue weighted by atomic mass is 10.0. The highest BCUT2D eigenvalue weighted by atomic mass is 35.5. The van der Waals surface area contributed by atoms with Crippen LogP contribution in [-0.2, 0) is 0 Å². The fraction of sp³-hybridized carbons (Fsp3) is 0.316. The van der Waals surface area contributed by atoms with Crippen LogP contribution in [0.1, 0.15) is 42.6 Å². The fourth-order valence-corrected chi connectivity index (χ4v) is 2.76. The van der Waals surface area contributed by atoms with E-state index in [9.17, 15) is 4.79 Å². The third-order valence-corrected chi connectivity index (χ3v) is 3.93. The second-order valence-electron chi connectivity index (χ2n) is 5.34. The van der Waals surface area contributed by atoms with Crippen molar-refractivity contribution < 1.29 is 4.79 Å². The van der Waals surface area contributed by atoms with E-state index in [0.717, 1.165) is 25.9 Å². The van der Waals surface area contributed by atoms with Gasteiger partial charge in [0.1, 0.15) is 0 Å². The molecule has 0 atom stereocenters. The van der Waals surface area contributed by atoms with E-state index in [0.29, 0.717) is 16.1 Å². The van der Waals surface area contributed by atoms with E-state index in [4.69, 9.17) is 11.6 Å². The number of halogens is 1. The number of anilines is 1. The maximum Gasteiger partial charge on any atom is 0.194 e. The van der Waals surface area contributed by atoms with Gasteiger partial charge in [0, 0.05) is 29.9 Å². The molecular weight excluding hydrogens is 294 g/mol. The lowest BCUT2D eigenvalue weighted by molar-refractivity contribution is 0.103. The van der Waals surface area contributed by atoms with Crippen LogP contribution in [0, 0.1) is 0 Å². The molecule has 2 nitrogen and oxygen atoms in total. The summed E-state index contributed by atoms with van der Waals surface area (Å²) in [6.45, 7) is 6.42. The van der Waals surface area contributed by atoms with E-state index in [2.05, 4.69) is 18.7 Å². The molecule has 0 aliphatic rings. The largest absolute Gasteiger partial charge is 0.372 e. The number of rotatable bonds is 7. The van der Waals surface area contributed by atoms with E-state index >= 15 is 0 Å². The number of nitrogens with zero attached hydrogens (tertiary/aromatic N) is 1. The zero-order valence-corrected chi connectivity index (χ0v) is 13.9. The van der Waals surface area contributed by atoms with E-state index in [-0.39, 0.29) is 5.78 Å². The molecule has 0 saturated heterocycles. The quantitative estimate of drug-likeness (QED) is 0.655. The standard InChI is InChI=1S/C19H22ClNO/c1-3-13-21(14-4-2)16-11-9-15(10-12-16)19(22)17-7-5-6-8-18(17)20/h5-12H,3-4,13-14H2,1-2H3. The van der Waals surface area contributed by atoms with Gasteiger partial charge in [0.15, 0.2) is 5.78 Å². The minimum Gasteiger partial charge on any atom is -0.372 e. The summed E-state index contributed by atoms with van der Waals surface area (Å²) >= 11 is 6.10. The first-order valence-corrected chi connectivity index (χ1v) is 8.19. The SMILES string of the molecule is CCCN(CCC)c1ccc(C(=O)c2ccccc2Cl)cc1. The predicted octanol–water partition coefficient (Wildman–Crippen LogP) is 5.20. The van der Waals surface area contributed by atoms with Gasteiger partial charge in [-0.2, -0.15) is 0 Å². The molecule has 0 aliphatic heterocycles. The van der Waals surface area contributed by atoms with Crippen molar-refractivity contribution in [3.05, 3.63) is 64.7 Å². The molecule has 2 rings (SSSR count). The Morgan fingerprint density at radius 3 is 2.09 bits per heavy atom. The lowest BCUT2D eigenvalue weighted by Crippen LogP contribution is -2.24. The van der Waals surface area contributed by atoms with Crippen LogP contribution in [0.3, 0.4) is 0 Å². The minimum atomic E-state index is -0.0327. The summed E-state index contributed by atoms with van der Waals surface area (Å²) in [5.74, 6) is -0.0327. The summed E-state index contributed by atoms with van der Waals surface area (Å²) in [5.41, 5.74) is 2.39. The summed E-state index contributed by atoms with van der Waals surface area (Å²) in [6, 6.07) is 15.0. The van der Waals surface area contributed by atoms with Crippen LogP contribution in [0.5, 0.6) is 0 Å². The average Bonchev–Trinajstić information content (AvgIpc) is 2.55. The van der Waals surface area contributed by atoms with E-state index in [1.807, 2.05) is 36.4 Å². The number of hydrogen-bond donors (Lipinski definition) is 0. The van der Waals surface area contributed by atoms with Gasteiger partial charge < -0.3 is 4.90 Å². The molecule has 3 heteroatoms. The highest BCUT2D eigenvalue weighted by molar-refractivity contribution is 6.34. The zero-order valence-electron chi connectivity index (χ0n) is 13.2. The Balaban J connectivity index is 2.21. The van der Waals surface area contributed by atoms with Crippen LogP contribution in [0.15, 0.2) is 48.5 Å². The van der Waals surface area contributed by atoms with Crippen LogP contribution in [0.25, 0.3) is 0 Å². The first-order chi connectivity index (χ1) is 10.7. The summed E-state index contributed by atoms with van der Waals surface area (Å²) in [6.07, 6.45) is 2.22. The van der Waals surface area contributed by atoms with Gasteiger partial charge in [-0.1, -0.05) is 37.6 Å². The smallest absolute Gasteiger partial charge is 0.194 e. The van der Waals surface area contributed by atoms with Crippen molar-refractivity contribution in [3.8, 4) is 0 Å². The molecule has 0 amide bonds. The normalized spacial score (nSPS) is 10.5. The Kier molecular flexibility index (Phi) is 6.02. The Hall–Kier alpha value is -1.80. The van der Waals surface area contributed by atoms with Crippen molar-refractivity contribution in [2.24, 2.45) is 0 Å². The summed E-state index contributed by atoms with van der Waals surface area (Å²) in [4.78, 5) is 14.9. The second-order valence-corrected chi connectivity index (χ2v) is 5.75. The van der Waals surface area contributed by atoms with Crippen molar-refractivity contribution in [3.63, 3.8) is 0 Å². The molecule has 0 bridgehead atoms. The summed E-state index contributed by atoms with van der Waals surface area (Å²) < 4.78 is 0. The molecular formula is C19H22ClNO. The van der Waals surface area contributed by atoms with Crippen molar-refractivity contribution in [1.29, 1.82) is 0 Å². The van der Waals surface area contributed by atoms with E-state index in [1.54, 1.807) is 12.1 Å². The average molecular weight is 316 g/mol. The molecule has 0 saturated carbocycles. The topological polar surface area (TPSA) is 20.3 Å². The van der Waals surface area contributed by atoms with Gasteiger partial charge in [0.25, 0.3) is 0 Å². The first-order valence-electron chi connectivity index (χ1n) is 7.81. The van der Waals surface area contributed by atoms with E-state index < -0.39 is 0 Å². The van der Waals surface area contributed by atoms with Crippen LogP contribution in [0.2, 0.25) is 5.02 Å². The van der Waals surface area contributed by atoms with Gasteiger partial charge in [-0.05, 0) is 49.2 Å². The number of carbonyl (C=O) groups is 1. The van der Waals surface area contributed by atoms with Crippen molar-refractivity contribution >= 4 is 23.1 Å². The second kappa shape index (κ2) is 8.00. The molecule has 2 aromatic carbocycles. The van der Waals surface area contributed by atoms with E-state index in [1.165, 1.54) is 5.69 Å². The highest BCUT2D eigenvalue weighted by Gasteiger charge is 2.13. The number of benzene rings is 2. The molecule has 116 valence electrons. The molecule has 2 aromatic rings. The molecule has 0 aromatic heterocycles.